The van der Waals surface area contributed by atoms with Crippen LogP contribution in [-0.4, -0.2) is 13.1 Å². The summed E-state index contributed by atoms with van der Waals surface area (Å²) in [7, 11) is 0. The molecule has 1 aliphatic carbocycles. The van der Waals surface area contributed by atoms with Crippen molar-refractivity contribution in [2.24, 2.45) is 5.41 Å². The predicted molar refractivity (Wildman–Crippen MR) is 45.1 cm³/mol. The maximum absolute atomic E-state index is 8.31. The summed E-state index contributed by atoms with van der Waals surface area (Å²) >= 11 is 0. The molecule has 0 aromatic heterocycles. The zero-order chi connectivity index (χ0) is 8.16. The fourth-order valence-electron chi connectivity index (χ4n) is 1.83. The number of nitriles is 1. The molecule has 0 unspecified atom stereocenters. The molecule has 1 fully saturated rings. The van der Waals surface area contributed by atoms with Crippen LogP contribution in [0.4, 0.5) is 0 Å². The molecule has 0 atom stereocenters. The molecular formula is C9H16N2. The van der Waals surface area contributed by atoms with Gasteiger partial charge in [0.15, 0.2) is 0 Å². The van der Waals surface area contributed by atoms with Gasteiger partial charge in [-0.2, -0.15) is 5.26 Å². The van der Waals surface area contributed by atoms with E-state index in [1.54, 1.807) is 0 Å². The van der Waals surface area contributed by atoms with E-state index in [1.807, 2.05) is 0 Å². The van der Waals surface area contributed by atoms with Crippen molar-refractivity contribution in [1.29, 1.82) is 5.26 Å². The van der Waals surface area contributed by atoms with E-state index >= 15 is 0 Å². The Kier molecular flexibility index (Phi) is 2.90. The van der Waals surface area contributed by atoms with Gasteiger partial charge in [0.2, 0.25) is 0 Å². The Morgan fingerprint density at radius 1 is 1.45 bits per heavy atom. The number of hydrogen-bond acceptors (Lipinski definition) is 2. The van der Waals surface area contributed by atoms with Crippen LogP contribution < -0.4 is 5.32 Å². The summed E-state index contributed by atoms with van der Waals surface area (Å²) in [6.07, 6.45) is 5.38. The largest absolute Gasteiger partial charge is 0.304 e. The van der Waals surface area contributed by atoms with E-state index in [0.29, 0.717) is 12.0 Å². The summed E-state index contributed by atoms with van der Waals surface area (Å²) in [4.78, 5) is 0. The third kappa shape index (κ3) is 2.51. The van der Waals surface area contributed by atoms with E-state index in [0.717, 1.165) is 6.54 Å². The lowest BCUT2D eigenvalue weighted by Crippen LogP contribution is -2.29. The molecule has 0 heterocycles. The van der Waals surface area contributed by atoms with E-state index < -0.39 is 0 Å². The Hall–Kier alpha value is -0.550. The van der Waals surface area contributed by atoms with E-state index in [1.165, 1.54) is 25.7 Å². The first-order valence-electron chi connectivity index (χ1n) is 4.34. The molecule has 0 spiro atoms. The molecule has 2 heteroatoms. The number of nitrogens with zero attached hydrogens (tertiary/aromatic N) is 1. The molecule has 0 saturated heterocycles. The summed E-state index contributed by atoms with van der Waals surface area (Å²) in [5, 5.41) is 11.5. The van der Waals surface area contributed by atoms with Gasteiger partial charge in [-0.15, -0.1) is 0 Å². The molecule has 1 N–H and O–H groups in total. The Labute approximate surface area is 68.6 Å². The molecule has 0 amide bonds. The second-order valence-electron chi connectivity index (χ2n) is 3.78. The molecular weight excluding hydrogens is 136 g/mol. The van der Waals surface area contributed by atoms with Crippen molar-refractivity contribution >= 4 is 0 Å². The first-order chi connectivity index (χ1) is 5.27. The first-order valence-corrected chi connectivity index (χ1v) is 4.34. The van der Waals surface area contributed by atoms with Crippen molar-refractivity contribution in [3.63, 3.8) is 0 Å². The highest BCUT2D eigenvalue weighted by Gasteiger charge is 2.27. The Morgan fingerprint density at radius 2 is 2.09 bits per heavy atom. The summed E-state index contributed by atoms with van der Waals surface area (Å²) in [6, 6.07) is 2.10. The zero-order valence-corrected chi connectivity index (χ0v) is 7.19. The molecule has 1 saturated carbocycles. The lowest BCUT2D eigenvalue weighted by Gasteiger charge is -2.22. The maximum atomic E-state index is 8.31. The van der Waals surface area contributed by atoms with Crippen LogP contribution in [0, 0.1) is 16.7 Å². The van der Waals surface area contributed by atoms with Gasteiger partial charge in [0.1, 0.15) is 0 Å². The molecule has 2 nitrogen and oxygen atoms in total. The van der Waals surface area contributed by atoms with Gasteiger partial charge in [0.05, 0.1) is 12.6 Å². The fraction of sp³-hybridized carbons (Fsp3) is 0.889. The summed E-state index contributed by atoms with van der Waals surface area (Å²) < 4.78 is 0. The molecule has 0 aromatic carbocycles. The second-order valence-corrected chi connectivity index (χ2v) is 3.78. The highest BCUT2D eigenvalue weighted by Crippen LogP contribution is 2.36. The van der Waals surface area contributed by atoms with Crippen molar-refractivity contribution in [2.45, 2.75) is 32.6 Å². The van der Waals surface area contributed by atoms with Gasteiger partial charge in [-0.3, -0.25) is 0 Å². The molecule has 0 bridgehead atoms. The van der Waals surface area contributed by atoms with Crippen molar-refractivity contribution in [2.75, 3.05) is 13.1 Å². The summed E-state index contributed by atoms with van der Waals surface area (Å²) in [6.45, 7) is 3.82. The van der Waals surface area contributed by atoms with E-state index in [2.05, 4.69) is 18.3 Å². The number of nitrogens with one attached hydrogen (secondary N) is 1. The van der Waals surface area contributed by atoms with Crippen LogP contribution in [0.25, 0.3) is 0 Å². The van der Waals surface area contributed by atoms with Crippen molar-refractivity contribution in [3.8, 4) is 6.07 Å². The normalized spacial score (nSPS) is 21.5. The molecule has 11 heavy (non-hydrogen) atoms. The lowest BCUT2D eigenvalue weighted by atomic mass is 9.89. The smallest absolute Gasteiger partial charge is 0.0841 e. The highest BCUT2D eigenvalue weighted by molar-refractivity contribution is 4.84. The van der Waals surface area contributed by atoms with E-state index in [4.69, 9.17) is 5.26 Å². The molecule has 1 aliphatic rings. The van der Waals surface area contributed by atoms with Crippen molar-refractivity contribution in [1.82, 2.24) is 5.32 Å². The highest BCUT2D eigenvalue weighted by atomic mass is 14.9. The third-order valence-corrected chi connectivity index (χ3v) is 2.57. The van der Waals surface area contributed by atoms with Crippen LogP contribution in [0.1, 0.15) is 32.6 Å². The average molecular weight is 152 g/mol. The summed E-state index contributed by atoms with van der Waals surface area (Å²) in [5.41, 5.74) is 0.483. The zero-order valence-electron chi connectivity index (χ0n) is 7.19. The Morgan fingerprint density at radius 3 is 2.64 bits per heavy atom. The van der Waals surface area contributed by atoms with Gasteiger partial charge in [-0.1, -0.05) is 19.8 Å². The average Bonchev–Trinajstić information content (AvgIpc) is 2.38. The molecule has 0 aromatic rings. The van der Waals surface area contributed by atoms with Crippen molar-refractivity contribution < 1.29 is 0 Å². The standard InChI is InChI=1S/C9H16N2/c1-9(4-2-3-5-9)8-11-7-6-10/h11H,2-5,7-8H2,1H3. The van der Waals surface area contributed by atoms with Crippen LogP contribution in [0.5, 0.6) is 0 Å². The number of hydrogen-bond donors (Lipinski definition) is 1. The van der Waals surface area contributed by atoms with E-state index in [9.17, 15) is 0 Å². The van der Waals surface area contributed by atoms with Crippen molar-refractivity contribution in [3.05, 3.63) is 0 Å². The quantitative estimate of drug-likeness (QED) is 0.493. The minimum absolute atomic E-state index is 0.483. The number of rotatable bonds is 3. The monoisotopic (exact) mass is 152 g/mol. The molecule has 1 rings (SSSR count). The van der Waals surface area contributed by atoms with Crippen LogP contribution in [0.15, 0.2) is 0 Å². The molecule has 0 radical (unpaired) electrons. The van der Waals surface area contributed by atoms with Gasteiger partial charge < -0.3 is 5.32 Å². The summed E-state index contributed by atoms with van der Waals surface area (Å²) in [5.74, 6) is 0. The second kappa shape index (κ2) is 3.73. The lowest BCUT2D eigenvalue weighted by molar-refractivity contribution is 0.321. The SMILES string of the molecule is CC1(CNCC#N)CCCC1. The van der Waals surface area contributed by atoms with Crippen LogP contribution in [0.2, 0.25) is 0 Å². The van der Waals surface area contributed by atoms with Gasteiger partial charge in [0.25, 0.3) is 0 Å². The topological polar surface area (TPSA) is 35.8 Å². The first kappa shape index (κ1) is 8.55. The Balaban J connectivity index is 2.19. The van der Waals surface area contributed by atoms with Gasteiger partial charge in [0, 0.05) is 6.54 Å². The molecule has 0 aliphatic heterocycles. The van der Waals surface area contributed by atoms with Gasteiger partial charge in [-0.05, 0) is 18.3 Å². The van der Waals surface area contributed by atoms with Crippen LogP contribution in [0.3, 0.4) is 0 Å². The minimum atomic E-state index is 0.483. The van der Waals surface area contributed by atoms with Crippen LogP contribution in [-0.2, 0) is 0 Å². The van der Waals surface area contributed by atoms with Crippen LogP contribution >= 0.6 is 0 Å². The predicted octanol–water partition coefficient (Wildman–Crippen LogP) is 1.68. The molecule has 62 valence electrons. The third-order valence-electron chi connectivity index (χ3n) is 2.57. The van der Waals surface area contributed by atoms with Gasteiger partial charge in [-0.25, -0.2) is 0 Å². The van der Waals surface area contributed by atoms with Gasteiger partial charge >= 0.3 is 0 Å². The maximum Gasteiger partial charge on any atom is 0.0841 e. The Bertz CT molecular complexity index is 151. The minimum Gasteiger partial charge on any atom is -0.304 e. The fourth-order valence-corrected chi connectivity index (χ4v) is 1.83. The van der Waals surface area contributed by atoms with E-state index in [-0.39, 0.29) is 0 Å².